The number of rotatable bonds is 9. The van der Waals surface area contributed by atoms with Gasteiger partial charge in [-0.2, -0.15) is 0 Å². The van der Waals surface area contributed by atoms with Crippen molar-refractivity contribution in [1.82, 2.24) is 15.2 Å². The summed E-state index contributed by atoms with van der Waals surface area (Å²) in [5, 5.41) is 9.74. The predicted molar refractivity (Wildman–Crippen MR) is 196 cm³/mol. The number of allylic oxidation sites excluding steroid dienone is 2. The number of amides is 2. The van der Waals surface area contributed by atoms with E-state index >= 15 is 0 Å². The molecule has 3 atom stereocenters. The average Bonchev–Trinajstić information content (AvgIpc) is 3.03. The quantitative estimate of drug-likeness (QED) is 0.159. The third-order valence-electron chi connectivity index (χ3n) is 9.07. The van der Waals surface area contributed by atoms with Crippen LogP contribution in [0.5, 0.6) is 0 Å². The molecule has 1 aromatic heterocycles. The Balaban J connectivity index is 0. The normalized spacial score (nSPS) is 21.6. The summed E-state index contributed by atoms with van der Waals surface area (Å²) in [4.78, 5) is 28.2. The van der Waals surface area contributed by atoms with Gasteiger partial charge in [-0.15, -0.1) is 0 Å². The van der Waals surface area contributed by atoms with Crippen LogP contribution in [0.4, 0.5) is 0 Å². The van der Waals surface area contributed by atoms with E-state index in [4.69, 9.17) is 21.8 Å². The third kappa shape index (κ3) is 19.1. The van der Waals surface area contributed by atoms with Crippen LogP contribution in [0.2, 0.25) is 5.02 Å². The van der Waals surface area contributed by atoms with Crippen LogP contribution in [-0.2, 0) is 9.59 Å². The van der Waals surface area contributed by atoms with Crippen LogP contribution >= 0.6 is 11.6 Å². The van der Waals surface area contributed by atoms with Crippen molar-refractivity contribution in [3.05, 3.63) is 41.7 Å². The van der Waals surface area contributed by atoms with E-state index in [2.05, 4.69) is 63.7 Å². The van der Waals surface area contributed by atoms with Gasteiger partial charge in [-0.1, -0.05) is 111 Å². The first kappa shape index (κ1) is 44.9. The smallest absolute Gasteiger partial charge is 0.225 e. The van der Waals surface area contributed by atoms with Gasteiger partial charge in [0.2, 0.25) is 12.3 Å². The number of aromatic nitrogens is 1. The molecular weight excluding hydrogens is 580 g/mol. The van der Waals surface area contributed by atoms with E-state index in [9.17, 15) is 4.79 Å². The van der Waals surface area contributed by atoms with Crippen LogP contribution in [0.15, 0.2) is 36.7 Å². The second-order valence-corrected chi connectivity index (χ2v) is 13.3. The van der Waals surface area contributed by atoms with Crippen molar-refractivity contribution in [2.24, 2.45) is 29.1 Å². The van der Waals surface area contributed by atoms with Gasteiger partial charge in [0, 0.05) is 44.2 Å². The van der Waals surface area contributed by atoms with Gasteiger partial charge in [0.25, 0.3) is 0 Å². The molecule has 1 aliphatic heterocycles. The zero-order valence-corrected chi connectivity index (χ0v) is 31.4. The molecular formula is C38H69ClN4O2. The summed E-state index contributed by atoms with van der Waals surface area (Å²) in [5.74, 6) is 2.82. The number of hydrogen-bond acceptors (Lipinski definition) is 4. The lowest BCUT2D eigenvalue weighted by molar-refractivity contribution is -0.145. The van der Waals surface area contributed by atoms with Gasteiger partial charge in [0.1, 0.15) is 0 Å². The molecule has 2 N–H and O–H groups in total. The number of piperidine rings is 1. The molecule has 6 nitrogen and oxygen atoms in total. The number of halogens is 1. The number of nitrogens with one attached hydrogen (secondary N) is 2. The molecule has 0 radical (unpaired) electrons. The number of hydrogen-bond donors (Lipinski definition) is 2. The summed E-state index contributed by atoms with van der Waals surface area (Å²) in [6, 6.07) is 3.58. The van der Waals surface area contributed by atoms with Crippen molar-refractivity contribution in [3.63, 3.8) is 0 Å². The number of carbonyl (C=O) groups excluding carboxylic acids is 2. The van der Waals surface area contributed by atoms with Crippen molar-refractivity contribution in [1.29, 1.82) is 5.41 Å². The Hall–Kier alpha value is -2.21. The van der Waals surface area contributed by atoms with E-state index < -0.39 is 0 Å². The monoisotopic (exact) mass is 649 g/mol. The van der Waals surface area contributed by atoms with E-state index in [1.54, 1.807) is 44.6 Å². The minimum absolute atomic E-state index is 0.255. The van der Waals surface area contributed by atoms with Crippen molar-refractivity contribution in [3.8, 4) is 0 Å². The Bertz CT molecular complexity index is 890. The second kappa shape index (κ2) is 28.0. The average molecular weight is 649 g/mol. The SMILES string of the molecule is C/C=C\C(C)=N.CCC.CCCCCC(CC)C(=O)N1CC(C)C(C)(C2CCCCC2)C(C)C1.CNC=O.Clc1cccnc1. The summed E-state index contributed by atoms with van der Waals surface area (Å²) in [5.41, 5.74) is 1.03. The maximum absolute atomic E-state index is 13.1. The number of unbranched alkanes of at least 4 members (excludes halogenated alkanes) is 2. The van der Waals surface area contributed by atoms with E-state index in [0.717, 1.165) is 31.8 Å². The molecule has 7 heteroatoms. The summed E-state index contributed by atoms with van der Waals surface area (Å²) >= 11 is 5.48. The van der Waals surface area contributed by atoms with Gasteiger partial charge in [0.15, 0.2) is 0 Å². The molecule has 2 heterocycles. The lowest BCUT2D eigenvalue weighted by Gasteiger charge is -2.54. The van der Waals surface area contributed by atoms with Crippen molar-refractivity contribution in [2.75, 3.05) is 20.1 Å². The highest BCUT2D eigenvalue weighted by atomic mass is 35.5. The molecule has 1 aromatic rings. The van der Waals surface area contributed by atoms with Crippen LogP contribution < -0.4 is 5.32 Å². The van der Waals surface area contributed by atoms with Crippen LogP contribution in [0.1, 0.15) is 133 Å². The summed E-state index contributed by atoms with van der Waals surface area (Å²) < 4.78 is 0. The van der Waals surface area contributed by atoms with Crippen LogP contribution in [-0.4, -0.2) is 48.1 Å². The van der Waals surface area contributed by atoms with Crippen molar-refractivity contribution < 1.29 is 9.59 Å². The van der Waals surface area contributed by atoms with Gasteiger partial charge in [0.05, 0.1) is 5.02 Å². The molecule has 3 rings (SSSR count). The maximum Gasteiger partial charge on any atom is 0.225 e. The van der Waals surface area contributed by atoms with Gasteiger partial charge in [-0.25, -0.2) is 0 Å². The van der Waals surface area contributed by atoms with Gasteiger partial charge in [-0.3, -0.25) is 14.6 Å². The minimum Gasteiger partial charge on any atom is -0.362 e. The zero-order valence-electron chi connectivity index (χ0n) is 30.6. The molecule has 1 aliphatic carbocycles. The minimum atomic E-state index is 0.255. The Labute approximate surface area is 283 Å². The first-order valence-electron chi connectivity index (χ1n) is 17.6. The molecule has 2 aliphatic rings. The van der Waals surface area contributed by atoms with Gasteiger partial charge >= 0.3 is 0 Å². The molecule has 2 fully saturated rings. The Kier molecular flexibility index (Phi) is 28.0. The molecule has 2 amide bonds. The fraction of sp³-hybridized carbons (Fsp3) is 0.737. The molecule has 1 saturated carbocycles. The Morgan fingerprint density at radius 1 is 1.13 bits per heavy atom. The lowest BCUT2D eigenvalue weighted by atomic mass is 9.56. The molecule has 1 saturated heterocycles. The number of nitrogens with zero attached hydrogens (tertiary/aromatic N) is 2. The molecule has 0 spiro atoms. The van der Waals surface area contributed by atoms with Crippen LogP contribution in [0, 0.1) is 34.5 Å². The number of carbonyl (C=O) groups is 2. The number of pyridine rings is 1. The highest BCUT2D eigenvalue weighted by Crippen LogP contribution is 2.51. The van der Waals surface area contributed by atoms with E-state index in [1.807, 2.05) is 13.0 Å². The first-order chi connectivity index (χ1) is 21.4. The first-order valence-corrected chi connectivity index (χ1v) is 17.9. The summed E-state index contributed by atoms with van der Waals surface area (Å²) in [6.07, 6.45) is 21.6. The van der Waals surface area contributed by atoms with E-state index in [0.29, 0.717) is 40.3 Å². The Morgan fingerprint density at radius 2 is 1.69 bits per heavy atom. The van der Waals surface area contributed by atoms with E-state index in [-0.39, 0.29) is 5.92 Å². The molecule has 45 heavy (non-hydrogen) atoms. The second-order valence-electron chi connectivity index (χ2n) is 12.8. The van der Waals surface area contributed by atoms with Crippen molar-refractivity contribution >= 4 is 29.6 Å². The highest BCUT2D eigenvalue weighted by molar-refractivity contribution is 6.30. The van der Waals surface area contributed by atoms with Gasteiger partial charge in [-0.05, 0) is 80.9 Å². The van der Waals surface area contributed by atoms with E-state index in [1.165, 1.54) is 57.8 Å². The molecule has 260 valence electrons. The third-order valence-corrected chi connectivity index (χ3v) is 9.29. The summed E-state index contributed by atoms with van der Waals surface area (Å²) in [6.45, 7) is 21.7. The maximum atomic E-state index is 13.1. The topological polar surface area (TPSA) is 86.2 Å². The van der Waals surface area contributed by atoms with Crippen LogP contribution in [0.3, 0.4) is 0 Å². The zero-order chi connectivity index (χ0) is 34.7. The number of likely N-dealkylation sites (tertiary alicyclic amines) is 1. The standard InChI is InChI=1S/C23H43NO.C5H4ClN.C5H9N.C3H8.C2H5NO/c1-6-8-10-13-20(7-2)22(25)24-16-18(3)23(5,19(4)17-24)21-14-11-9-12-15-21;6-5-2-1-3-7-4-5;1-3-4-5(2)6;1-3-2;1-3-2-4/h18-21H,6-17H2,1-5H3;1-4H;3-4,6H,1-2H3;3H2,1-2H3;2H,1H3,(H,3,4)/b;;4-3-,6-5?;;. The molecule has 3 unspecified atom stereocenters. The highest BCUT2D eigenvalue weighted by Gasteiger charge is 2.48. The fourth-order valence-electron chi connectivity index (χ4n) is 6.32. The fourth-order valence-corrected chi connectivity index (χ4v) is 6.45. The Morgan fingerprint density at radius 3 is 2.02 bits per heavy atom. The van der Waals surface area contributed by atoms with Crippen molar-refractivity contribution in [2.45, 2.75) is 133 Å². The predicted octanol–water partition coefficient (Wildman–Crippen LogP) is 10.4. The molecule has 0 aromatic carbocycles. The van der Waals surface area contributed by atoms with Crippen LogP contribution in [0.25, 0.3) is 0 Å². The molecule has 0 bridgehead atoms. The summed E-state index contributed by atoms with van der Waals surface area (Å²) in [7, 11) is 1.56. The van der Waals surface area contributed by atoms with Gasteiger partial charge < -0.3 is 15.6 Å². The largest absolute Gasteiger partial charge is 0.362 e. The lowest BCUT2D eigenvalue weighted by Crippen LogP contribution is -2.56.